The summed E-state index contributed by atoms with van der Waals surface area (Å²) in [5.41, 5.74) is 2.11. The fraction of sp³-hybridized carbons (Fsp3) is 0.368. The average Bonchev–Trinajstić information content (AvgIpc) is 3.05. The zero-order valence-electron chi connectivity index (χ0n) is 27.2. The lowest BCUT2D eigenvalue weighted by Crippen LogP contribution is -2.54. The van der Waals surface area contributed by atoms with Crippen LogP contribution in [0.1, 0.15) is 61.0 Å². The largest absolute Gasteiger partial charge is 0.496 e. The van der Waals surface area contributed by atoms with Crippen LogP contribution in [0.2, 0.25) is 0 Å². The molecule has 5 rings (SSSR count). The van der Waals surface area contributed by atoms with E-state index in [-0.39, 0.29) is 24.0 Å². The van der Waals surface area contributed by atoms with Crippen LogP contribution < -0.4 is 14.8 Å². The molecule has 8 heteroatoms. The van der Waals surface area contributed by atoms with Gasteiger partial charge in [0.15, 0.2) is 0 Å². The molecule has 242 valence electrons. The number of likely N-dealkylation sites (tertiary alicyclic amines) is 1. The summed E-state index contributed by atoms with van der Waals surface area (Å²) < 4.78 is 22.9. The lowest BCUT2D eigenvalue weighted by Gasteiger charge is -2.39. The number of hydrogen-bond donors (Lipinski definition) is 1. The van der Waals surface area contributed by atoms with Crippen LogP contribution in [0, 0.1) is 0 Å². The Morgan fingerprint density at radius 2 is 1.63 bits per heavy atom. The molecule has 0 aliphatic carbocycles. The Hall–Kier alpha value is -4.56. The van der Waals surface area contributed by atoms with Crippen molar-refractivity contribution in [1.29, 1.82) is 0 Å². The molecular formula is C38H44N2O6. The van der Waals surface area contributed by atoms with E-state index in [0.717, 1.165) is 39.8 Å². The molecule has 0 bridgehead atoms. The first-order valence-electron chi connectivity index (χ1n) is 15.9. The molecule has 8 nitrogen and oxygen atoms in total. The van der Waals surface area contributed by atoms with Crippen LogP contribution in [0.3, 0.4) is 0 Å². The first-order valence-corrected chi connectivity index (χ1v) is 15.9. The predicted octanol–water partition coefficient (Wildman–Crippen LogP) is 7.36. The van der Waals surface area contributed by atoms with Crippen molar-refractivity contribution in [2.24, 2.45) is 0 Å². The van der Waals surface area contributed by atoms with Gasteiger partial charge in [-0.15, -0.1) is 0 Å². The molecule has 1 N–H and O–H groups in total. The number of nitrogens with zero attached hydrogens (tertiary/aromatic N) is 1. The van der Waals surface area contributed by atoms with E-state index in [1.54, 1.807) is 12.0 Å². The molecule has 1 fully saturated rings. The molecule has 2 unspecified atom stereocenters. The number of para-hydroxylation sites is 1. The van der Waals surface area contributed by atoms with E-state index in [1.165, 1.54) is 0 Å². The Morgan fingerprint density at radius 3 is 2.41 bits per heavy atom. The maximum atomic E-state index is 13.7. The van der Waals surface area contributed by atoms with Crippen LogP contribution in [0.15, 0.2) is 91.0 Å². The Morgan fingerprint density at radius 1 is 0.891 bits per heavy atom. The molecule has 4 aromatic rings. The molecule has 1 aliphatic heterocycles. The zero-order chi connectivity index (χ0) is 32.5. The van der Waals surface area contributed by atoms with Gasteiger partial charge >= 0.3 is 6.09 Å². The Balaban J connectivity index is 1.21. The molecule has 1 saturated heterocycles. The van der Waals surface area contributed by atoms with Gasteiger partial charge in [-0.05, 0) is 67.8 Å². The average molecular weight is 625 g/mol. The van der Waals surface area contributed by atoms with Crippen molar-refractivity contribution in [3.63, 3.8) is 0 Å². The standard InChI is InChI=1S/C38H44N2O6/c1-38(2,3)46-37(42)40-22-21-32(34(25-40)39-36(41)33-15-9-13-27-11-5-7-14-31(27)33)28-17-19-30(20-18-28)45-24-10-23-44-26-29-12-6-8-16-35(29)43-4/h5-9,11-20,32,34H,10,21-26H2,1-4H3,(H,39,41). The second-order valence-corrected chi connectivity index (χ2v) is 12.6. The number of amides is 2. The summed E-state index contributed by atoms with van der Waals surface area (Å²) in [4.78, 5) is 28.4. The summed E-state index contributed by atoms with van der Waals surface area (Å²) in [5, 5.41) is 5.17. The van der Waals surface area contributed by atoms with Gasteiger partial charge in [-0.25, -0.2) is 4.79 Å². The van der Waals surface area contributed by atoms with Gasteiger partial charge in [-0.1, -0.05) is 66.7 Å². The van der Waals surface area contributed by atoms with E-state index in [2.05, 4.69) is 17.4 Å². The molecule has 4 aromatic carbocycles. The minimum absolute atomic E-state index is 0.00930. The van der Waals surface area contributed by atoms with Crippen LogP contribution >= 0.6 is 0 Å². The van der Waals surface area contributed by atoms with Crippen molar-refractivity contribution in [2.75, 3.05) is 33.4 Å². The molecule has 0 radical (unpaired) electrons. The molecule has 2 atom stereocenters. The van der Waals surface area contributed by atoms with Gasteiger partial charge in [0.25, 0.3) is 5.91 Å². The summed E-state index contributed by atoms with van der Waals surface area (Å²) >= 11 is 0. The van der Waals surface area contributed by atoms with E-state index in [4.69, 9.17) is 18.9 Å². The zero-order valence-corrected chi connectivity index (χ0v) is 27.2. The van der Waals surface area contributed by atoms with E-state index < -0.39 is 5.60 Å². The number of benzene rings is 4. The smallest absolute Gasteiger partial charge is 0.410 e. The van der Waals surface area contributed by atoms with Crippen LogP contribution in [0.4, 0.5) is 4.79 Å². The molecule has 0 saturated carbocycles. The lowest BCUT2D eigenvalue weighted by molar-refractivity contribution is 0.0169. The topological polar surface area (TPSA) is 86.3 Å². The monoisotopic (exact) mass is 624 g/mol. The summed E-state index contributed by atoms with van der Waals surface area (Å²) in [6.07, 6.45) is 1.07. The molecule has 46 heavy (non-hydrogen) atoms. The van der Waals surface area contributed by atoms with Crippen molar-refractivity contribution in [3.8, 4) is 11.5 Å². The third-order valence-electron chi connectivity index (χ3n) is 8.08. The molecule has 0 spiro atoms. The van der Waals surface area contributed by atoms with Gasteiger partial charge in [0.05, 0.1) is 33.0 Å². The SMILES string of the molecule is COc1ccccc1COCCCOc1ccc(C2CCN(C(=O)OC(C)(C)C)CC2NC(=O)c2cccc3ccccc23)cc1. The second kappa shape index (κ2) is 15.1. The maximum absolute atomic E-state index is 13.7. The Bertz CT molecular complexity index is 1610. The van der Waals surface area contributed by atoms with Crippen molar-refractivity contribution in [1.82, 2.24) is 10.2 Å². The molecule has 1 heterocycles. The highest BCUT2D eigenvalue weighted by Crippen LogP contribution is 2.31. The molecule has 2 amide bonds. The number of carbonyl (C=O) groups excluding carboxylic acids is 2. The highest BCUT2D eigenvalue weighted by Gasteiger charge is 2.35. The number of hydrogen-bond acceptors (Lipinski definition) is 6. The summed E-state index contributed by atoms with van der Waals surface area (Å²) in [6.45, 7) is 8.05. The summed E-state index contributed by atoms with van der Waals surface area (Å²) in [6, 6.07) is 29.2. The summed E-state index contributed by atoms with van der Waals surface area (Å²) in [5.74, 6) is 1.45. The second-order valence-electron chi connectivity index (χ2n) is 12.6. The minimum atomic E-state index is -0.604. The van der Waals surface area contributed by atoms with Crippen molar-refractivity contribution in [3.05, 3.63) is 108 Å². The van der Waals surface area contributed by atoms with E-state index >= 15 is 0 Å². The van der Waals surface area contributed by atoms with Crippen LogP contribution in [-0.2, 0) is 16.1 Å². The van der Waals surface area contributed by atoms with E-state index in [1.807, 2.05) is 99.6 Å². The lowest BCUT2D eigenvalue weighted by atomic mass is 9.85. The van der Waals surface area contributed by atoms with Gasteiger partial charge in [0, 0.05) is 36.6 Å². The Labute approximate surface area is 271 Å². The van der Waals surface area contributed by atoms with Gasteiger partial charge < -0.3 is 29.2 Å². The fourth-order valence-corrected chi connectivity index (χ4v) is 5.83. The first-order chi connectivity index (χ1) is 22.2. The first kappa shape index (κ1) is 32.8. The van der Waals surface area contributed by atoms with Gasteiger partial charge in [0.1, 0.15) is 17.1 Å². The highest BCUT2D eigenvalue weighted by atomic mass is 16.6. The number of ether oxygens (including phenoxy) is 4. The summed E-state index contributed by atoms with van der Waals surface area (Å²) in [7, 11) is 1.66. The third-order valence-corrected chi connectivity index (χ3v) is 8.08. The number of carbonyl (C=O) groups is 2. The quantitative estimate of drug-likeness (QED) is 0.176. The molecular weight excluding hydrogens is 580 g/mol. The molecule has 1 aliphatic rings. The minimum Gasteiger partial charge on any atom is -0.496 e. The van der Waals surface area contributed by atoms with Crippen LogP contribution in [0.5, 0.6) is 11.5 Å². The maximum Gasteiger partial charge on any atom is 0.410 e. The number of rotatable bonds is 11. The van der Waals surface area contributed by atoms with Gasteiger partial charge in [-0.3, -0.25) is 4.79 Å². The third kappa shape index (κ3) is 8.57. The number of methoxy groups -OCH3 is 1. The van der Waals surface area contributed by atoms with E-state index in [9.17, 15) is 9.59 Å². The van der Waals surface area contributed by atoms with Crippen LogP contribution in [-0.4, -0.2) is 62.0 Å². The normalized spacial score (nSPS) is 16.6. The fourth-order valence-electron chi connectivity index (χ4n) is 5.83. The highest BCUT2D eigenvalue weighted by molar-refractivity contribution is 6.07. The van der Waals surface area contributed by atoms with Crippen molar-refractivity contribution >= 4 is 22.8 Å². The van der Waals surface area contributed by atoms with Gasteiger partial charge in [0.2, 0.25) is 0 Å². The Kier molecular flexibility index (Phi) is 10.8. The predicted molar refractivity (Wildman–Crippen MR) is 180 cm³/mol. The van der Waals surface area contributed by atoms with Crippen molar-refractivity contribution < 1.29 is 28.5 Å². The van der Waals surface area contributed by atoms with Gasteiger partial charge in [-0.2, -0.15) is 0 Å². The number of piperidine rings is 1. The molecule has 0 aromatic heterocycles. The van der Waals surface area contributed by atoms with Crippen LogP contribution in [0.25, 0.3) is 10.8 Å². The number of nitrogens with one attached hydrogen (secondary N) is 1. The number of fused-ring (bicyclic) bond motifs is 1. The van der Waals surface area contributed by atoms with E-state index in [0.29, 0.717) is 44.9 Å². The van der Waals surface area contributed by atoms with Crippen molar-refractivity contribution in [2.45, 2.75) is 57.8 Å².